The van der Waals surface area contributed by atoms with E-state index in [9.17, 15) is 9.18 Å². The van der Waals surface area contributed by atoms with Crippen molar-refractivity contribution in [2.45, 2.75) is 24.5 Å². The second-order valence-corrected chi connectivity index (χ2v) is 7.07. The predicted molar refractivity (Wildman–Crippen MR) is 110 cm³/mol. The summed E-state index contributed by atoms with van der Waals surface area (Å²) in [5, 5.41) is 11.9. The van der Waals surface area contributed by atoms with Gasteiger partial charge in [-0.3, -0.25) is 4.79 Å². The maximum atomic E-state index is 12.9. The number of aryl methyl sites for hydroxylation is 2. The van der Waals surface area contributed by atoms with Gasteiger partial charge in [0.15, 0.2) is 5.16 Å². The van der Waals surface area contributed by atoms with E-state index in [1.807, 2.05) is 22.8 Å². The zero-order valence-corrected chi connectivity index (χ0v) is 16.2. The average molecular weight is 396 g/mol. The van der Waals surface area contributed by atoms with Crippen LogP contribution in [-0.4, -0.2) is 26.4 Å². The highest BCUT2D eigenvalue weighted by atomic mass is 32.2. The number of halogens is 1. The first-order valence-electron chi connectivity index (χ1n) is 8.91. The van der Waals surface area contributed by atoms with E-state index in [0.717, 1.165) is 18.7 Å². The zero-order chi connectivity index (χ0) is 19.8. The number of hydrogen-bond donors (Lipinski definition) is 1. The maximum absolute atomic E-state index is 12.9. The van der Waals surface area contributed by atoms with E-state index in [2.05, 4.69) is 34.2 Å². The fourth-order valence-electron chi connectivity index (χ4n) is 2.68. The van der Waals surface area contributed by atoms with Crippen molar-refractivity contribution in [3.8, 4) is 0 Å². The number of nitrogens with zero attached hydrogens (tertiary/aromatic N) is 3. The topological polar surface area (TPSA) is 59.8 Å². The minimum absolute atomic E-state index is 0.185. The van der Waals surface area contributed by atoms with Crippen molar-refractivity contribution < 1.29 is 9.18 Å². The Bertz CT molecular complexity index is 925. The lowest BCUT2D eigenvalue weighted by Gasteiger charge is -2.08. The smallest absolute Gasteiger partial charge is 0.234 e. The molecule has 1 aromatic heterocycles. The normalized spacial score (nSPS) is 10.6. The molecule has 0 atom stereocenters. The number of benzene rings is 2. The van der Waals surface area contributed by atoms with Gasteiger partial charge in [-0.05, 0) is 36.2 Å². The highest BCUT2D eigenvalue weighted by molar-refractivity contribution is 7.99. The van der Waals surface area contributed by atoms with Crippen LogP contribution in [0.3, 0.4) is 0 Å². The molecule has 3 rings (SSSR count). The molecule has 0 fully saturated rings. The van der Waals surface area contributed by atoms with Gasteiger partial charge in [0.2, 0.25) is 5.91 Å². The van der Waals surface area contributed by atoms with Crippen LogP contribution < -0.4 is 5.32 Å². The quantitative estimate of drug-likeness (QED) is 0.437. The third-order valence-electron chi connectivity index (χ3n) is 4.05. The first-order valence-corrected chi connectivity index (χ1v) is 9.89. The lowest BCUT2D eigenvalue weighted by Crippen LogP contribution is -2.14. The molecule has 0 bridgehead atoms. The molecule has 0 aliphatic heterocycles. The summed E-state index contributed by atoms with van der Waals surface area (Å²) < 4.78 is 14.9. The van der Waals surface area contributed by atoms with Crippen LogP contribution in [0.5, 0.6) is 0 Å². The molecule has 0 saturated heterocycles. The monoisotopic (exact) mass is 396 g/mol. The number of carbonyl (C=O) groups excluding carboxylic acids is 1. The van der Waals surface area contributed by atoms with E-state index in [4.69, 9.17) is 0 Å². The molecule has 0 spiro atoms. The summed E-state index contributed by atoms with van der Waals surface area (Å²) in [6, 6.07) is 15.9. The summed E-state index contributed by atoms with van der Waals surface area (Å²) in [5.41, 5.74) is 1.80. The standard InChI is InChI=1S/C21H21FN4OS/c1-2-14-26-19(13-8-16-6-4-3-5-7-16)24-25-21(26)28-15-20(27)23-18-11-9-17(22)10-12-18/h2-7,9-12H,1,8,13-15H2,(H,23,27). The number of thioether (sulfide) groups is 1. The van der Waals surface area contributed by atoms with E-state index in [1.165, 1.54) is 41.6 Å². The molecule has 0 radical (unpaired) electrons. The second-order valence-electron chi connectivity index (χ2n) is 6.13. The SMILES string of the molecule is C=CCn1c(CCc2ccccc2)nnc1SCC(=O)Nc1ccc(F)cc1. The van der Waals surface area contributed by atoms with Crippen molar-refractivity contribution in [2.24, 2.45) is 0 Å². The van der Waals surface area contributed by atoms with Crippen LogP contribution in [0.1, 0.15) is 11.4 Å². The van der Waals surface area contributed by atoms with Crippen LogP contribution >= 0.6 is 11.8 Å². The van der Waals surface area contributed by atoms with Crippen molar-refractivity contribution >= 4 is 23.4 Å². The molecular formula is C21H21FN4OS. The van der Waals surface area contributed by atoms with Crippen molar-refractivity contribution in [3.63, 3.8) is 0 Å². The molecule has 0 unspecified atom stereocenters. The summed E-state index contributed by atoms with van der Waals surface area (Å²) in [5.74, 6) is 0.527. The van der Waals surface area contributed by atoms with Crippen LogP contribution in [0, 0.1) is 5.82 Å². The third-order valence-corrected chi connectivity index (χ3v) is 5.01. The van der Waals surface area contributed by atoms with E-state index in [0.29, 0.717) is 17.4 Å². The van der Waals surface area contributed by atoms with Gasteiger partial charge in [-0.15, -0.1) is 16.8 Å². The average Bonchev–Trinajstić information content (AvgIpc) is 3.09. The molecule has 1 N–H and O–H groups in total. The van der Waals surface area contributed by atoms with E-state index >= 15 is 0 Å². The number of aromatic nitrogens is 3. The summed E-state index contributed by atoms with van der Waals surface area (Å²) >= 11 is 1.32. The van der Waals surface area contributed by atoms with Gasteiger partial charge in [0.1, 0.15) is 11.6 Å². The molecule has 7 heteroatoms. The molecule has 0 aliphatic carbocycles. The maximum Gasteiger partial charge on any atom is 0.234 e. The Kier molecular flexibility index (Phi) is 6.97. The Balaban J connectivity index is 1.59. The fourth-order valence-corrected chi connectivity index (χ4v) is 3.45. The van der Waals surface area contributed by atoms with Gasteiger partial charge in [-0.1, -0.05) is 48.2 Å². The molecule has 5 nitrogen and oxygen atoms in total. The largest absolute Gasteiger partial charge is 0.325 e. The first kappa shape index (κ1) is 19.8. The van der Waals surface area contributed by atoms with Gasteiger partial charge in [0.25, 0.3) is 0 Å². The lowest BCUT2D eigenvalue weighted by atomic mass is 10.1. The van der Waals surface area contributed by atoms with Crippen LogP contribution in [0.2, 0.25) is 0 Å². The van der Waals surface area contributed by atoms with E-state index in [1.54, 1.807) is 6.08 Å². The third kappa shape index (κ3) is 5.53. The van der Waals surface area contributed by atoms with Gasteiger partial charge in [-0.2, -0.15) is 0 Å². The zero-order valence-electron chi connectivity index (χ0n) is 15.3. The highest BCUT2D eigenvalue weighted by Gasteiger charge is 2.13. The van der Waals surface area contributed by atoms with Gasteiger partial charge < -0.3 is 9.88 Å². The highest BCUT2D eigenvalue weighted by Crippen LogP contribution is 2.19. The lowest BCUT2D eigenvalue weighted by molar-refractivity contribution is -0.113. The van der Waals surface area contributed by atoms with Crippen LogP contribution in [0.4, 0.5) is 10.1 Å². The molecule has 0 saturated carbocycles. The Morgan fingerprint density at radius 3 is 2.57 bits per heavy atom. The number of allylic oxidation sites excluding steroid dienone is 1. The number of carbonyl (C=O) groups is 1. The summed E-state index contributed by atoms with van der Waals surface area (Å²) in [4.78, 5) is 12.2. The van der Waals surface area contributed by atoms with E-state index in [-0.39, 0.29) is 17.5 Å². The molecule has 0 aliphatic rings. The Morgan fingerprint density at radius 1 is 1.11 bits per heavy atom. The molecule has 144 valence electrons. The van der Waals surface area contributed by atoms with E-state index < -0.39 is 0 Å². The molecule has 3 aromatic rings. The number of anilines is 1. The summed E-state index contributed by atoms with van der Waals surface area (Å²) in [6.07, 6.45) is 3.41. The minimum Gasteiger partial charge on any atom is -0.325 e. The Hall–Kier alpha value is -2.93. The number of rotatable bonds is 9. The molecular weight excluding hydrogens is 375 g/mol. The van der Waals surface area contributed by atoms with Crippen LogP contribution in [0.15, 0.2) is 72.4 Å². The van der Waals surface area contributed by atoms with Gasteiger partial charge >= 0.3 is 0 Å². The van der Waals surface area contributed by atoms with Crippen molar-refractivity contribution in [2.75, 3.05) is 11.1 Å². The van der Waals surface area contributed by atoms with Crippen molar-refractivity contribution in [3.05, 3.63) is 84.5 Å². The summed E-state index contributed by atoms with van der Waals surface area (Å²) in [7, 11) is 0. The van der Waals surface area contributed by atoms with Crippen LogP contribution in [0.25, 0.3) is 0 Å². The summed E-state index contributed by atoms with van der Waals surface area (Å²) in [6.45, 7) is 4.38. The number of hydrogen-bond acceptors (Lipinski definition) is 4. The second kappa shape index (κ2) is 9.85. The first-order chi connectivity index (χ1) is 13.7. The Morgan fingerprint density at radius 2 is 1.86 bits per heavy atom. The fraction of sp³-hybridized carbons (Fsp3) is 0.190. The van der Waals surface area contributed by atoms with Crippen LogP contribution in [-0.2, 0) is 24.2 Å². The molecule has 1 amide bonds. The molecule has 2 aromatic carbocycles. The Labute approximate surface area is 167 Å². The van der Waals surface area contributed by atoms with Gasteiger partial charge in [-0.25, -0.2) is 4.39 Å². The van der Waals surface area contributed by atoms with Gasteiger partial charge in [0, 0.05) is 18.7 Å². The minimum atomic E-state index is -0.340. The molecule has 28 heavy (non-hydrogen) atoms. The predicted octanol–water partition coefficient (Wildman–Crippen LogP) is 4.12. The van der Waals surface area contributed by atoms with Crippen molar-refractivity contribution in [1.29, 1.82) is 0 Å². The van der Waals surface area contributed by atoms with Crippen molar-refractivity contribution in [1.82, 2.24) is 14.8 Å². The number of nitrogens with one attached hydrogen (secondary N) is 1. The molecule has 1 heterocycles. The van der Waals surface area contributed by atoms with Gasteiger partial charge in [0.05, 0.1) is 5.75 Å². The number of amides is 1.